The molecule has 2 heterocycles. The summed E-state index contributed by atoms with van der Waals surface area (Å²) in [6.45, 7) is 1.83. The molecule has 2 aromatic rings. The molecule has 5 heteroatoms. The highest BCUT2D eigenvalue weighted by molar-refractivity contribution is 5.75. The largest absolute Gasteiger partial charge is 0.481 e. The molecule has 0 unspecified atom stereocenters. The minimum absolute atomic E-state index is 0.00738. The van der Waals surface area contributed by atoms with Crippen molar-refractivity contribution in [1.82, 2.24) is 14.8 Å². The van der Waals surface area contributed by atoms with Gasteiger partial charge in [0.1, 0.15) is 0 Å². The van der Waals surface area contributed by atoms with Crippen molar-refractivity contribution >= 4 is 5.97 Å². The van der Waals surface area contributed by atoms with E-state index in [-0.39, 0.29) is 6.42 Å². The second-order valence-electron chi connectivity index (χ2n) is 3.81. The van der Waals surface area contributed by atoms with E-state index < -0.39 is 5.97 Å². The van der Waals surface area contributed by atoms with Crippen LogP contribution in [-0.4, -0.2) is 25.8 Å². The molecule has 84 valence electrons. The zero-order valence-electron chi connectivity index (χ0n) is 9.19. The molecule has 0 aliphatic carbocycles. The third-order valence-corrected chi connectivity index (χ3v) is 2.51. The lowest BCUT2D eigenvalue weighted by atomic mass is 10.1. The predicted octanol–water partition coefficient (Wildman–Crippen LogP) is 1.35. The van der Waals surface area contributed by atoms with E-state index in [1.54, 1.807) is 0 Å². The van der Waals surface area contributed by atoms with E-state index in [9.17, 15) is 4.79 Å². The Balaban J connectivity index is 2.45. The summed E-state index contributed by atoms with van der Waals surface area (Å²) < 4.78 is 1.91. The summed E-state index contributed by atoms with van der Waals surface area (Å²) in [4.78, 5) is 10.8. The molecular formula is C11H13N3O2. The first-order valence-electron chi connectivity index (χ1n) is 4.96. The number of carboxylic acids is 1. The average Bonchev–Trinajstić information content (AvgIpc) is 2.75. The molecule has 0 aromatic carbocycles. The lowest BCUT2D eigenvalue weighted by Crippen LogP contribution is -2.01. The minimum Gasteiger partial charge on any atom is -0.481 e. The molecular weight excluding hydrogens is 206 g/mol. The number of hydrogen-bond donors (Lipinski definition) is 2. The van der Waals surface area contributed by atoms with Crippen LogP contribution in [0.25, 0.3) is 11.3 Å². The van der Waals surface area contributed by atoms with Crippen molar-refractivity contribution < 1.29 is 9.90 Å². The summed E-state index contributed by atoms with van der Waals surface area (Å²) in [5.74, 6) is -0.846. The van der Waals surface area contributed by atoms with Crippen LogP contribution in [-0.2, 0) is 18.3 Å². The van der Waals surface area contributed by atoms with E-state index in [4.69, 9.17) is 5.11 Å². The zero-order valence-corrected chi connectivity index (χ0v) is 9.19. The Morgan fingerprint density at radius 2 is 2.38 bits per heavy atom. The van der Waals surface area contributed by atoms with Crippen molar-refractivity contribution in [2.45, 2.75) is 13.3 Å². The van der Waals surface area contributed by atoms with Gasteiger partial charge in [0, 0.05) is 36.3 Å². The van der Waals surface area contributed by atoms with Gasteiger partial charge in [-0.1, -0.05) is 0 Å². The highest BCUT2D eigenvalue weighted by Crippen LogP contribution is 2.24. The average molecular weight is 219 g/mol. The monoisotopic (exact) mass is 219 g/mol. The first kappa shape index (κ1) is 10.5. The van der Waals surface area contributed by atoms with E-state index in [2.05, 4.69) is 10.2 Å². The van der Waals surface area contributed by atoms with Gasteiger partial charge in [-0.25, -0.2) is 0 Å². The number of carboxylic acid groups (broad SMARTS) is 1. The fourth-order valence-electron chi connectivity index (χ4n) is 1.70. The Morgan fingerprint density at radius 3 is 2.94 bits per heavy atom. The maximum Gasteiger partial charge on any atom is 0.307 e. The highest BCUT2D eigenvalue weighted by atomic mass is 16.4. The fraction of sp³-hybridized carbons (Fsp3) is 0.273. The zero-order chi connectivity index (χ0) is 11.7. The Labute approximate surface area is 92.7 Å². The van der Waals surface area contributed by atoms with Gasteiger partial charge in [0.05, 0.1) is 12.1 Å². The Hall–Kier alpha value is -2.04. The quantitative estimate of drug-likeness (QED) is 0.818. The summed E-state index contributed by atoms with van der Waals surface area (Å²) in [5, 5.41) is 15.8. The third-order valence-electron chi connectivity index (χ3n) is 2.51. The van der Waals surface area contributed by atoms with Crippen molar-refractivity contribution in [2.24, 2.45) is 7.05 Å². The number of H-pyrrole nitrogens is 1. The molecule has 2 rings (SSSR count). The van der Waals surface area contributed by atoms with Gasteiger partial charge in [-0.2, -0.15) is 5.10 Å². The molecule has 2 aromatic heterocycles. The van der Waals surface area contributed by atoms with Crippen LogP contribution in [0.1, 0.15) is 11.3 Å². The normalized spacial score (nSPS) is 10.6. The minimum atomic E-state index is -0.846. The summed E-state index contributed by atoms with van der Waals surface area (Å²) in [6.07, 6.45) is 3.82. The van der Waals surface area contributed by atoms with Gasteiger partial charge in [-0.3, -0.25) is 9.89 Å². The van der Waals surface area contributed by atoms with Crippen LogP contribution in [0.2, 0.25) is 0 Å². The van der Waals surface area contributed by atoms with Gasteiger partial charge >= 0.3 is 5.97 Å². The van der Waals surface area contributed by atoms with E-state index in [0.717, 1.165) is 22.5 Å². The predicted molar refractivity (Wildman–Crippen MR) is 59.1 cm³/mol. The molecule has 0 radical (unpaired) electrons. The molecule has 0 saturated carbocycles. The number of aryl methyl sites for hydroxylation is 2. The molecule has 2 N–H and O–H groups in total. The molecule has 16 heavy (non-hydrogen) atoms. The number of rotatable bonds is 3. The first-order chi connectivity index (χ1) is 7.58. The fourth-order valence-corrected chi connectivity index (χ4v) is 1.70. The third kappa shape index (κ3) is 1.84. The summed E-state index contributed by atoms with van der Waals surface area (Å²) in [6, 6.07) is 1.92. The molecule has 0 amide bonds. The molecule has 0 fully saturated rings. The van der Waals surface area contributed by atoms with Gasteiger partial charge in [-0.15, -0.1) is 0 Å². The van der Waals surface area contributed by atoms with Crippen molar-refractivity contribution in [3.05, 3.63) is 29.7 Å². The van der Waals surface area contributed by atoms with Crippen LogP contribution in [0.4, 0.5) is 0 Å². The number of hydrogen-bond acceptors (Lipinski definition) is 2. The van der Waals surface area contributed by atoms with Crippen LogP contribution < -0.4 is 0 Å². The van der Waals surface area contributed by atoms with Gasteiger partial charge in [0.2, 0.25) is 0 Å². The van der Waals surface area contributed by atoms with Crippen molar-refractivity contribution in [1.29, 1.82) is 0 Å². The lowest BCUT2D eigenvalue weighted by Gasteiger charge is -1.98. The summed E-state index contributed by atoms with van der Waals surface area (Å²) in [7, 11) is 1.92. The van der Waals surface area contributed by atoms with E-state index >= 15 is 0 Å². The summed E-state index contributed by atoms with van der Waals surface area (Å²) >= 11 is 0. The number of aromatic nitrogens is 3. The number of nitrogens with zero attached hydrogens (tertiary/aromatic N) is 2. The molecule has 0 saturated heterocycles. The standard InChI is InChI=1S/C11H13N3O2/c1-7-9(5-10(15)16)11(13-12-7)8-3-4-14(2)6-8/h3-4,6H,5H2,1-2H3,(H,12,13)(H,15,16). The second-order valence-corrected chi connectivity index (χ2v) is 3.81. The van der Waals surface area contributed by atoms with Gasteiger partial charge in [0.15, 0.2) is 0 Å². The van der Waals surface area contributed by atoms with E-state index in [1.807, 2.05) is 37.0 Å². The Bertz CT molecular complexity index is 525. The van der Waals surface area contributed by atoms with Gasteiger partial charge < -0.3 is 9.67 Å². The maximum absolute atomic E-state index is 10.8. The second kappa shape index (κ2) is 3.84. The molecule has 0 aliphatic rings. The topological polar surface area (TPSA) is 70.9 Å². The first-order valence-corrected chi connectivity index (χ1v) is 4.96. The highest BCUT2D eigenvalue weighted by Gasteiger charge is 2.15. The van der Waals surface area contributed by atoms with Crippen LogP contribution in [0.5, 0.6) is 0 Å². The molecule has 0 spiro atoms. The van der Waals surface area contributed by atoms with Crippen LogP contribution in [0, 0.1) is 6.92 Å². The molecule has 0 bridgehead atoms. The summed E-state index contributed by atoms with van der Waals surface area (Å²) in [5.41, 5.74) is 3.21. The smallest absolute Gasteiger partial charge is 0.307 e. The number of nitrogens with one attached hydrogen (secondary N) is 1. The van der Waals surface area contributed by atoms with Gasteiger partial charge in [0.25, 0.3) is 0 Å². The van der Waals surface area contributed by atoms with Crippen LogP contribution in [0.15, 0.2) is 18.5 Å². The van der Waals surface area contributed by atoms with E-state index in [1.165, 1.54) is 0 Å². The van der Waals surface area contributed by atoms with Crippen molar-refractivity contribution in [3.63, 3.8) is 0 Å². The number of carbonyl (C=O) groups is 1. The molecule has 0 atom stereocenters. The van der Waals surface area contributed by atoms with E-state index in [0.29, 0.717) is 0 Å². The Morgan fingerprint density at radius 1 is 1.62 bits per heavy atom. The maximum atomic E-state index is 10.8. The van der Waals surface area contributed by atoms with Crippen molar-refractivity contribution in [2.75, 3.05) is 0 Å². The molecule has 5 nitrogen and oxygen atoms in total. The Kier molecular flexibility index (Phi) is 2.52. The number of aliphatic carboxylic acids is 1. The van der Waals surface area contributed by atoms with Crippen LogP contribution in [0.3, 0.4) is 0 Å². The van der Waals surface area contributed by atoms with Crippen molar-refractivity contribution in [3.8, 4) is 11.3 Å². The lowest BCUT2D eigenvalue weighted by molar-refractivity contribution is -0.136. The van der Waals surface area contributed by atoms with Crippen LogP contribution >= 0.6 is 0 Å². The number of aromatic amines is 1. The molecule has 0 aliphatic heterocycles. The van der Waals surface area contributed by atoms with Gasteiger partial charge in [-0.05, 0) is 13.0 Å². The SMILES string of the molecule is Cc1[nH]nc(-c2ccn(C)c2)c1CC(=O)O.